The van der Waals surface area contributed by atoms with E-state index in [1.165, 1.54) is 5.56 Å². The Balaban J connectivity index is 1.72. The third kappa shape index (κ3) is 5.11. The van der Waals surface area contributed by atoms with Crippen LogP contribution in [0.4, 0.5) is 5.69 Å². The van der Waals surface area contributed by atoms with Crippen LogP contribution in [0.15, 0.2) is 65.7 Å². The zero-order chi connectivity index (χ0) is 19.2. The van der Waals surface area contributed by atoms with Crippen molar-refractivity contribution in [2.45, 2.75) is 20.5 Å². The molecule has 3 aromatic rings. The second kappa shape index (κ2) is 8.74. The number of halogens is 1. The molecule has 0 atom stereocenters. The smallest absolute Gasteiger partial charge is 0.161 e. The van der Waals surface area contributed by atoms with Gasteiger partial charge in [0.1, 0.15) is 6.61 Å². The summed E-state index contributed by atoms with van der Waals surface area (Å²) in [5.41, 5.74) is 5.11. The van der Waals surface area contributed by atoms with Gasteiger partial charge in [0.05, 0.1) is 12.8 Å². The standard InChI is InChI=1S/C23H22ClNO2/c1-16-4-7-18(8-5-16)15-27-22-11-9-19(12-23(22)26-3)14-25-20-10-6-17(2)21(24)13-20/h4-14H,15H2,1-3H3. The number of rotatable bonds is 6. The lowest BCUT2D eigenvalue weighted by Crippen LogP contribution is -1.98. The minimum Gasteiger partial charge on any atom is -0.493 e. The minimum atomic E-state index is 0.492. The number of nitrogens with zero attached hydrogens (tertiary/aromatic N) is 1. The Labute approximate surface area is 165 Å². The second-order valence-electron chi connectivity index (χ2n) is 6.38. The minimum absolute atomic E-state index is 0.492. The summed E-state index contributed by atoms with van der Waals surface area (Å²) in [5.74, 6) is 1.38. The molecule has 0 N–H and O–H groups in total. The summed E-state index contributed by atoms with van der Waals surface area (Å²) in [6, 6.07) is 19.8. The zero-order valence-corrected chi connectivity index (χ0v) is 16.5. The van der Waals surface area contributed by atoms with Crippen molar-refractivity contribution in [3.8, 4) is 11.5 Å². The van der Waals surface area contributed by atoms with Crippen molar-refractivity contribution in [3.05, 3.63) is 87.9 Å². The predicted molar refractivity (Wildman–Crippen MR) is 112 cm³/mol. The molecule has 0 aromatic heterocycles. The molecule has 0 fully saturated rings. The fourth-order valence-electron chi connectivity index (χ4n) is 2.54. The van der Waals surface area contributed by atoms with Crippen LogP contribution in [-0.4, -0.2) is 13.3 Å². The van der Waals surface area contributed by atoms with Gasteiger partial charge in [-0.25, -0.2) is 0 Å². The van der Waals surface area contributed by atoms with Crippen molar-refractivity contribution in [2.24, 2.45) is 4.99 Å². The van der Waals surface area contributed by atoms with E-state index in [9.17, 15) is 0 Å². The van der Waals surface area contributed by atoms with Crippen LogP contribution in [0.3, 0.4) is 0 Å². The molecule has 0 unspecified atom stereocenters. The first-order chi connectivity index (χ1) is 13.0. The predicted octanol–water partition coefficient (Wildman–Crippen LogP) is 6.30. The van der Waals surface area contributed by atoms with E-state index in [0.29, 0.717) is 23.1 Å². The summed E-state index contributed by atoms with van der Waals surface area (Å²) in [6.45, 7) is 4.53. The van der Waals surface area contributed by atoms with Crippen LogP contribution in [0.25, 0.3) is 0 Å². The summed E-state index contributed by atoms with van der Waals surface area (Å²) in [4.78, 5) is 4.48. The van der Waals surface area contributed by atoms with Crippen molar-refractivity contribution in [2.75, 3.05) is 7.11 Å². The van der Waals surface area contributed by atoms with Gasteiger partial charge in [0, 0.05) is 11.2 Å². The normalized spacial score (nSPS) is 11.0. The SMILES string of the molecule is COc1cc(C=Nc2ccc(C)c(Cl)c2)ccc1OCc1ccc(C)cc1. The maximum atomic E-state index is 6.15. The number of ether oxygens (including phenoxy) is 2. The summed E-state index contributed by atoms with van der Waals surface area (Å²) >= 11 is 6.15. The lowest BCUT2D eigenvalue weighted by Gasteiger charge is -2.11. The van der Waals surface area contributed by atoms with Gasteiger partial charge in [-0.1, -0.05) is 47.5 Å². The van der Waals surface area contributed by atoms with Crippen LogP contribution in [0.5, 0.6) is 11.5 Å². The van der Waals surface area contributed by atoms with Gasteiger partial charge in [0.2, 0.25) is 0 Å². The topological polar surface area (TPSA) is 30.8 Å². The first kappa shape index (κ1) is 19.0. The number of aliphatic imine (C=N–C) groups is 1. The van der Waals surface area contributed by atoms with Gasteiger partial charge in [-0.3, -0.25) is 4.99 Å². The number of hydrogen-bond acceptors (Lipinski definition) is 3. The molecule has 0 saturated heterocycles. The number of hydrogen-bond donors (Lipinski definition) is 0. The molecule has 0 saturated carbocycles. The summed E-state index contributed by atoms with van der Waals surface area (Å²) in [5, 5.41) is 0.710. The van der Waals surface area contributed by atoms with Gasteiger partial charge in [0.15, 0.2) is 11.5 Å². The van der Waals surface area contributed by atoms with Crippen LogP contribution in [0.1, 0.15) is 22.3 Å². The monoisotopic (exact) mass is 379 g/mol. The molecule has 3 aromatic carbocycles. The molecular weight excluding hydrogens is 358 g/mol. The van der Waals surface area contributed by atoms with Crippen LogP contribution < -0.4 is 9.47 Å². The van der Waals surface area contributed by atoms with Gasteiger partial charge in [-0.15, -0.1) is 0 Å². The van der Waals surface area contributed by atoms with E-state index in [0.717, 1.165) is 22.4 Å². The number of aryl methyl sites for hydroxylation is 2. The van der Waals surface area contributed by atoms with E-state index in [-0.39, 0.29) is 0 Å². The highest BCUT2D eigenvalue weighted by molar-refractivity contribution is 6.31. The highest BCUT2D eigenvalue weighted by atomic mass is 35.5. The van der Waals surface area contributed by atoms with Crippen molar-refractivity contribution in [3.63, 3.8) is 0 Å². The maximum absolute atomic E-state index is 6.15. The fourth-order valence-corrected chi connectivity index (χ4v) is 2.72. The highest BCUT2D eigenvalue weighted by Gasteiger charge is 2.06. The lowest BCUT2D eigenvalue weighted by molar-refractivity contribution is 0.284. The summed E-state index contributed by atoms with van der Waals surface area (Å²) in [6.07, 6.45) is 1.78. The van der Waals surface area contributed by atoms with E-state index in [1.807, 2.05) is 43.3 Å². The van der Waals surface area contributed by atoms with E-state index in [1.54, 1.807) is 13.3 Å². The van der Waals surface area contributed by atoms with E-state index in [2.05, 4.69) is 36.2 Å². The molecule has 3 nitrogen and oxygen atoms in total. The van der Waals surface area contributed by atoms with Gasteiger partial charge in [-0.2, -0.15) is 0 Å². The third-order valence-electron chi connectivity index (χ3n) is 4.22. The molecule has 27 heavy (non-hydrogen) atoms. The lowest BCUT2D eigenvalue weighted by atomic mass is 10.1. The van der Waals surface area contributed by atoms with E-state index >= 15 is 0 Å². The molecule has 0 aliphatic rings. The molecule has 0 spiro atoms. The Bertz CT molecular complexity index is 949. The second-order valence-corrected chi connectivity index (χ2v) is 6.78. The average molecular weight is 380 g/mol. The van der Waals surface area contributed by atoms with Crippen molar-refractivity contribution in [1.82, 2.24) is 0 Å². The highest BCUT2D eigenvalue weighted by Crippen LogP contribution is 2.29. The Morgan fingerprint density at radius 2 is 1.70 bits per heavy atom. The molecular formula is C23H22ClNO2. The van der Waals surface area contributed by atoms with Crippen molar-refractivity contribution < 1.29 is 9.47 Å². The van der Waals surface area contributed by atoms with Crippen LogP contribution in [0.2, 0.25) is 5.02 Å². The molecule has 0 heterocycles. The molecule has 138 valence electrons. The molecule has 0 bridgehead atoms. The van der Waals surface area contributed by atoms with Gasteiger partial charge < -0.3 is 9.47 Å². The largest absolute Gasteiger partial charge is 0.493 e. The Hall–Kier alpha value is -2.78. The molecule has 3 rings (SSSR count). The Kier molecular flexibility index (Phi) is 6.15. The maximum Gasteiger partial charge on any atom is 0.161 e. The first-order valence-electron chi connectivity index (χ1n) is 8.72. The quantitative estimate of drug-likeness (QED) is 0.471. The summed E-state index contributed by atoms with van der Waals surface area (Å²) in [7, 11) is 1.63. The van der Waals surface area contributed by atoms with Crippen LogP contribution in [0, 0.1) is 13.8 Å². The number of methoxy groups -OCH3 is 1. The fraction of sp³-hybridized carbons (Fsp3) is 0.174. The summed E-state index contributed by atoms with van der Waals surface area (Å²) < 4.78 is 11.4. The number of benzene rings is 3. The Morgan fingerprint density at radius 1 is 0.926 bits per heavy atom. The zero-order valence-electron chi connectivity index (χ0n) is 15.7. The third-order valence-corrected chi connectivity index (χ3v) is 4.63. The van der Waals surface area contributed by atoms with Crippen molar-refractivity contribution >= 4 is 23.5 Å². The van der Waals surface area contributed by atoms with Gasteiger partial charge in [0.25, 0.3) is 0 Å². The average Bonchev–Trinajstić information content (AvgIpc) is 2.68. The van der Waals surface area contributed by atoms with E-state index in [4.69, 9.17) is 21.1 Å². The van der Waals surface area contributed by atoms with Crippen molar-refractivity contribution in [1.29, 1.82) is 0 Å². The molecule has 4 heteroatoms. The molecule has 0 aliphatic heterocycles. The molecule has 0 amide bonds. The Morgan fingerprint density at radius 3 is 2.41 bits per heavy atom. The molecule has 0 aliphatic carbocycles. The molecule has 0 radical (unpaired) electrons. The van der Waals surface area contributed by atoms with Gasteiger partial charge in [-0.05, 0) is 60.9 Å². The van der Waals surface area contributed by atoms with Crippen LogP contribution in [-0.2, 0) is 6.61 Å². The van der Waals surface area contributed by atoms with E-state index < -0.39 is 0 Å². The van der Waals surface area contributed by atoms with Crippen LogP contribution >= 0.6 is 11.6 Å². The first-order valence-corrected chi connectivity index (χ1v) is 9.09. The van der Waals surface area contributed by atoms with Gasteiger partial charge >= 0.3 is 0 Å².